The van der Waals surface area contributed by atoms with Crippen LogP contribution in [-0.2, 0) is 16.8 Å². The Balaban J connectivity index is 3.33. The van der Waals surface area contributed by atoms with Crippen molar-refractivity contribution in [1.82, 2.24) is 9.55 Å². The van der Waals surface area contributed by atoms with Crippen molar-refractivity contribution in [2.24, 2.45) is 0 Å². The van der Waals surface area contributed by atoms with Crippen LogP contribution in [0.25, 0.3) is 0 Å². The minimum absolute atomic E-state index is 0.172. The molecule has 0 aliphatic rings. The Bertz CT molecular complexity index is 429. The van der Waals surface area contributed by atoms with E-state index in [2.05, 4.69) is 4.98 Å². The molecule has 0 saturated carbocycles. The smallest absolute Gasteiger partial charge is 0.348 e. The first-order valence-corrected chi connectivity index (χ1v) is 4.61. The summed E-state index contributed by atoms with van der Waals surface area (Å²) in [6, 6.07) is 1.56. The van der Waals surface area contributed by atoms with Gasteiger partial charge in [-0.2, -0.15) is 0 Å². The number of hydrogen-bond acceptors (Lipinski definition) is 3. The monoisotopic (exact) mass is 210 g/mol. The Hall–Kier alpha value is -1.65. The summed E-state index contributed by atoms with van der Waals surface area (Å²) in [6.07, 6.45) is 1.16. The van der Waals surface area contributed by atoms with E-state index in [1.165, 1.54) is 10.8 Å². The molecule has 15 heavy (non-hydrogen) atoms. The van der Waals surface area contributed by atoms with Crippen molar-refractivity contribution in [3.05, 3.63) is 28.4 Å². The number of carboxylic acid groups (broad SMARTS) is 1. The van der Waals surface area contributed by atoms with Gasteiger partial charge in [-0.1, -0.05) is 0 Å². The summed E-state index contributed by atoms with van der Waals surface area (Å²) >= 11 is 0. The second kappa shape index (κ2) is 3.84. The van der Waals surface area contributed by atoms with Gasteiger partial charge in [0.05, 0.1) is 6.42 Å². The molecule has 0 aliphatic carbocycles. The maximum atomic E-state index is 11.5. The lowest BCUT2D eigenvalue weighted by Gasteiger charge is -2.24. The second-order valence-electron chi connectivity index (χ2n) is 4.30. The molecule has 1 heterocycles. The Kier molecular flexibility index (Phi) is 2.93. The first-order chi connectivity index (χ1) is 6.82. The SMILES string of the molecule is CC(C)(C)n1c(CC(=O)O)ccnc1=O. The van der Waals surface area contributed by atoms with Gasteiger partial charge in [0, 0.05) is 17.4 Å². The van der Waals surface area contributed by atoms with Crippen LogP contribution in [0.15, 0.2) is 17.1 Å². The van der Waals surface area contributed by atoms with E-state index in [4.69, 9.17) is 5.11 Å². The molecule has 5 nitrogen and oxygen atoms in total. The van der Waals surface area contributed by atoms with Gasteiger partial charge in [0.2, 0.25) is 0 Å². The van der Waals surface area contributed by atoms with Crippen LogP contribution in [0.1, 0.15) is 26.5 Å². The Morgan fingerprint density at radius 2 is 2.13 bits per heavy atom. The number of rotatable bonds is 2. The molecule has 0 unspecified atom stereocenters. The van der Waals surface area contributed by atoms with Crippen LogP contribution >= 0.6 is 0 Å². The molecule has 1 aromatic rings. The summed E-state index contributed by atoms with van der Waals surface area (Å²) in [6.45, 7) is 5.50. The van der Waals surface area contributed by atoms with Crippen molar-refractivity contribution in [3.8, 4) is 0 Å². The largest absolute Gasteiger partial charge is 0.481 e. The number of nitrogens with zero attached hydrogens (tertiary/aromatic N) is 2. The van der Waals surface area contributed by atoms with Crippen molar-refractivity contribution in [3.63, 3.8) is 0 Å². The Morgan fingerprint density at radius 1 is 1.53 bits per heavy atom. The maximum absolute atomic E-state index is 11.5. The number of aliphatic carboxylic acids is 1. The van der Waals surface area contributed by atoms with Gasteiger partial charge in [-0.05, 0) is 26.8 Å². The Morgan fingerprint density at radius 3 is 2.60 bits per heavy atom. The molecule has 0 radical (unpaired) electrons. The number of carbonyl (C=O) groups is 1. The van der Waals surface area contributed by atoms with Gasteiger partial charge < -0.3 is 5.11 Å². The molecule has 0 atom stereocenters. The van der Waals surface area contributed by atoms with Gasteiger partial charge in [0.15, 0.2) is 0 Å². The minimum Gasteiger partial charge on any atom is -0.481 e. The predicted octanol–water partition coefficient (Wildman–Crippen LogP) is 0.625. The van der Waals surface area contributed by atoms with E-state index in [0.29, 0.717) is 5.69 Å². The summed E-state index contributed by atoms with van der Waals surface area (Å²) in [5.41, 5.74) is -0.410. The zero-order valence-electron chi connectivity index (χ0n) is 9.02. The average molecular weight is 210 g/mol. The molecule has 0 bridgehead atoms. The highest BCUT2D eigenvalue weighted by molar-refractivity contribution is 5.69. The molecular weight excluding hydrogens is 196 g/mol. The first-order valence-electron chi connectivity index (χ1n) is 4.61. The third-order valence-corrected chi connectivity index (χ3v) is 1.93. The highest BCUT2D eigenvalue weighted by Crippen LogP contribution is 2.13. The fraction of sp³-hybridized carbons (Fsp3) is 0.500. The highest BCUT2D eigenvalue weighted by Gasteiger charge is 2.19. The molecule has 1 aromatic heterocycles. The molecule has 1 N–H and O–H groups in total. The molecule has 1 rings (SSSR count). The van der Waals surface area contributed by atoms with E-state index in [0.717, 1.165) is 0 Å². The predicted molar refractivity (Wildman–Crippen MR) is 54.8 cm³/mol. The molecule has 0 aromatic carbocycles. The summed E-state index contributed by atoms with van der Waals surface area (Å²) < 4.78 is 1.40. The lowest BCUT2D eigenvalue weighted by atomic mass is 10.1. The normalized spacial score (nSPS) is 11.4. The van der Waals surface area contributed by atoms with Gasteiger partial charge in [-0.15, -0.1) is 0 Å². The van der Waals surface area contributed by atoms with Crippen molar-refractivity contribution in [1.29, 1.82) is 0 Å². The summed E-state index contributed by atoms with van der Waals surface area (Å²) in [4.78, 5) is 25.8. The molecule has 0 spiro atoms. The fourth-order valence-electron chi connectivity index (χ4n) is 1.45. The van der Waals surface area contributed by atoms with Crippen LogP contribution < -0.4 is 5.69 Å². The second-order valence-corrected chi connectivity index (χ2v) is 4.30. The van der Waals surface area contributed by atoms with Gasteiger partial charge >= 0.3 is 11.7 Å². The van der Waals surface area contributed by atoms with Crippen molar-refractivity contribution in [2.75, 3.05) is 0 Å². The quantitative estimate of drug-likeness (QED) is 0.776. The van der Waals surface area contributed by atoms with E-state index in [9.17, 15) is 9.59 Å². The van der Waals surface area contributed by atoms with E-state index in [1.54, 1.807) is 6.07 Å². The van der Waals surface area contributed by atoms with Gasteiger partial charge in [0.1, 0.15) is 0 Å². The van der Waals surface area contributed by atoms with Crippen LogP contribution in [0.5, 0.6) is 0 Å². The fourth-order valence-corrected chi connectivity index (χ4v) is 1.45. The van der Waals surface area contributed by atoms with Gasteiger partial charge in [0.25, 0.3) is 0 Å². The molecule has 82 valence electrons. The third-order valence-electron chi connectivity index (χ3n) is 1.93. The zero-order valence-corrected chi connectivity index (χ0v) is 9.02. The summed E-state index contributed by atoms with van der Waals surface area (Å²) in [7, 11) is 0. The molecular formula is C10H14N2O3. The van der Waals surface area contributed by atoms with Crippen LogP contribution in [0, 0.1) is 0 Å². The maximum Gasteiger partial charge on any atom is 0.348 e. The minimum atomic E-state index is -0.960. The van der Waals surface area contributed by atoms with Gasteiger partial charge in [-0.3, -0.25) is 9.36 Å². The van der Waals surface area contributed by atoms with Crippen molar-refractivity contribution in [2.45, 2.75) is 32.7 Å². The highest BCUT2D eigenvalue weighted by atomic mass is 16.4. The first kappa shape index (κ1) is 11.4. The lowest BCUT2D eigenvalue weighted by molar-refractivity contribution is -0.136. The van der Waals surface area contributed by atoms with E-state index in [1.807, 2.05) is 20.8 Å². The summed E-state index contributed by atoms with van der Waals surface area (Å²) in [5, 5.41) is 8.71. The number of aromatic nitrogens is 2. The third kappa shape index (κ3) is 2.65. The molecule has 0 aliphatic heterocycles. The van der Waals surface area contributed by atoms with Crippen molar-refractivity contribution >= 4 is 5.97 Å². The average Bonchev–Trinajstić information content (AvgIpc) is 1.99. The molecule has 0 saturated heterocycles. The van der Waals surface area contributed by atoms with E-state index < -0.39 is 17.2 Å². The lowest BCUT2D eigenvalue weighted by Crippen LogP contribution is -2.38. The van der Waals surface area contributed by atoms with E-state index in [-0.39, 0.29) is 6.42 Å². The van der Waals surface area contributed by atoms with Crippen LogP contribution in [-0.4, -0.2) is 20.6 Å². The Labute approximate surface area is 87.4 Å². The van der Waals surface area contributed by atoms with Crippen LogP contribution in [0.2, 0.25) is 0 Å². The van der Waals surface area contributed by atoms with E-state index >= 15 is 0 Å². The van der Waals surface area contributed by atoms with Gasteiger partial charge in [-0.25, -0.2) is 9.78 Å². The molecule has 5 heteroatoms. The molecule has 0 fully saturated rings. The number of carboxylic acids is 1. The molecule has 0 amide bonds. The standard InChI is InChI=1S/C10H14N2O3/c1-10(2,3)12-7(6-8(13)14)4-5-11-9(12)15/h4-5H,6H2,1-3H3,(H,13,14). The van der Waals surface area contributed by atoms with Crippen LogP contribution in [0.4, 0.5) is 0 Å². The van der Waals surface area contributed by atoms with Crippen LogP contribution in [0.3, 0.4) is 0 Å². The topological polar surface area (TPSA) is 72.2 Å². The zero-order chi connectivity index (χ0) is 11.6. The number of hydrogen-bond donors (Lipinski definition) is 1. The van der Waals surface area contributed by atoms with Crippen molar-refractivity contribution < 1.29 is 9.90 Å². The summed E-state index contributed by atoms with van der Waals surface area (Å²) in [5.74, 6) is -0.960.